The summed E-state index contributed by atoms with van der Waals surface area (Å²) >= 11 is 0. The van der Waals surface area contributed by atoms with Crippen molar-refractivity contribution in [3.63, 3.8) is 0 Å². The topological polar surface area (TPSA) is 20.2 Å². The van der Waals surface area contributed by atoms with Gasteiger partial charge in [-0.25, -0.2) is 0 Å². The third-order valence-electron chi connectivity index (χ3n) is 4.39. The van der Waals surface area contributed by atoms with Crippen LogP contribution in [-0.2, 0) is 0 Å². The van der Waals surface area contributed by atoms with Gasteiger partial charge in [0.2, 0.25) is 0 Å². The maximum atomic E-state index is 13.8. The largest absolute Gasteiger partial charge is 0.460 e. The average molecular weight is 552 g/mol. The van der Waals surface area contributed by atoms with E-state index in [1.54, 1.807) is 0 Å². The van der Waals surface area contributed by atoms with Crippen molar-refractivity contribution in [3.8, 4) is 0 Å². The van der Waals surface area contributed by atoms with Crippen molar-refractivity contribution in [2.24, 2.45) is 0 Å². The van der Waals surface area contributed by atoms with E-state index < -0.39 is 59.8 Å². The van der Waals surface area contributed by atoms with E-state index >= 15 is 0 Å². The van der Waals surface area contributed by atoms with Crippen molar-refractivity contribution in [2.75, 3.05) is 0 Å². The molecule has 1 aromatic carbocycles. The highest BCUT2D eigenvalue weighted by Gasteiger charge is 2.95. The van der Waals surface area contributed by atoms with Crippen LogP contribution in [0.5, 0.6) is 0 Å². The number of rotatable bonds is 9. The van der Waals surface area contributed by atoms with Gasteiger partial charge in [0.25, 0.3) is 0 Å². The minimum absolute atomic E-state index is 0.205. The van der Waals surface area contributed by atoms with Crippen LogP contribution in [0.25, 0.3) is 6.08 Å². The van der Waals surface area contributed by atoms with Gasteiger partial charge < -0.3 is 5.11 Å². The highest BCUT2D eigenvalue weighted by Crippen LogP contribution is 2.64. The lowest BCUT2D eigenvalue weighted by atomic mass is 9.87. The predicted molar refractivity (Wildman–Crippen MR) is 82.2 cm³/mol. The van der Waals surface area contributed by atoms with Crippen LogP contribution < -0.4 is 0 Å². The lowest BCUT2D eigenvalue weighted by Crippen LogP contribution is -2.75. The number of alkyl halides is 17. The molecule has 1 N–H and O–H groups in total. The van der Waals surface area contributed by atoms with E-state index in [0.29, 0.717) is 6.08 Å². The molecule has 0 aliphatic carbocycles. The van der Waals surface area contributed by atoms with Gasteiger partial charge in [-0.05, 0) is 11.6 Å². The Morgan fingerprint density at radius 3 is 1.23 bits per heavy atom. The van der Waals surface area contributed by atoms with Crippen molar-refractivity contribution in [2.45, 2.75) is 53.7 Å². The lowest BCUT2D eigenvalue weighted by molar-refractivity contribution is -0.463. The molecule has 1 rings (SSSR count). The van der Waals surface area contributed by atoms with Gasteiger partial charge in [0.1, 0.15) is 6.10 Å². The minimum atomic E-state index is -8.70. The van der Waals surface area contributed by atoms with Gasteiger partial charge in [-0.2, -0.15) is 74.6 Å². The highest BCUT2D eigenvalue weighted by molar-refractivity contribution is 5.49. The number of aliphatic hydroxyl groups is 1. The molecule has 0 heterocycles. The second-order valence-corrected chi connectivity index (χ2v) is 6.78. The number of halogens is 17. The van der Waals surface area contributed by atoms with Crippen LogP contribution in [0.2, 0.25) is 0 Å². The molecule has 0 amide bonds. The van der Waals surface area contributed by atoms with E-state index in [1.807, 2.05) is 0 Å². The quantitative estimate of drug-likeness (QED) is 0.325. The smallest absolute Gasteiger partial charge is 0.382 e. The summed E-state index contributed by atoms with van der Waals surface area (Å²) in [6.45, 7) is 0. The van der Waals surface area contributed by atoms with Crippen molar-refractivity contribution in [3.05, 3.63) is 42.0 Å². The molecule has 1 unspecified atom stereocenters. The third-order valence-corrected chi connectivity index (χ3v) is 4.39. The summed E-state index contributed by atoms with van der Waals surface area (Å²) in [5.41, 5.74) is -0.205. The predicted octanol–water partition coefficient (Wildman–Crippen LogP) is 7.07. The Labute approximate surface area is 182 Å². The summed E-state index contributed by atoms with van der Waals surface area (Å²) in [6, 6.07) is 5.76. The van der Waals surface area contributed by atoms with Crippen molar-refractivity contribution >= 4 is 6.08 Å². The molecule has 202 valence electrons. The maximum Gasteiger partial charge on any atom is 0.460 e. The minimum Gasteiger partial charge on any atom is -0.382 e. The zero-order valence-corrected chi connectivity index (χ0v) is 16.0. The van der Waals surface area contributed by atoms with Crippen LogP contribution in [0.1, 0.15) is 5.56 Å². The van der Waals surface area contributed by atoms with Gasteiger partial charge in [0, 0.05) is 0 Å². The molecule has 1 aromatic rings. The molecule has 35 heavy (non-hydrogen) atoms. The molecule has 0 radical (unpaired) electrons. The molecular formula is C17H9F17O. The van der Waals surface area contributed by atoms with E-state index in [0.717, 1.165) is 12.1 Å². The Kier molecular flexibility index (Phi) is 7.63. The van der Waals surface area contributed by atoms with Gasteiger partial charge >= 0.3 is 47.6 Å². The van der Waals surface area contributed by atoms with Gasteiger partial charge in [0.05, 0.1) is 0 Å². The molecule has 0 spiro atoms. The number of hydrogen-bond acceptors (Lipinski definition) is 1. The van der Waals surface area contributed by atoms with Crippen LogP contribution in [0, 0.1) is 0 Å². The average Bonchev–Trinajstić information content (AvgIpc) is 2.70. The Morgan fingerprint density at radius 1 is 0.514 bits per heavy atom. The van der Waals surface area contributed by atoms with Gasteiger partial charge in [-0.3, -0.25) is 0 Å². The molecular weight excluding hydrogens is 543 g/mol. The lowest BCUT2D eigenvalue weighted by Gasteiger charge is -2.43. The van der Waals surface area contributed by atoms with Crippen LogP contribution in [-0.4, -0.2) is 58.8 Å². The number of benzene rings is 1. The second-order valence-electron chi connectivity index (χ2n) is 6.78. The first-order valence-electron chi connectivity index (χ1n) is 8.38. The Morgan fingerprint density at radius 2 is 0.857 bits per heavy atom. The summed E-state index contributed by atoms with van der Waals surface area (Å²) in [7, 11) is 0. The molecule has 0 aromatic heterocycles. The van der Waals surface area contributed by atoms with Crippen molar-refractivity contribution in [1.82, 2.24) is 0 Å². The van der Waals surface area contributed by atoms with Gasteiger partial charge in [-0.1, -0.05) is 36.4 Å². The van der Waals surface area contributed by atoms with Crippen molar-refractivity contribution < 1.29 is 79.7 Å². The second kappa shape index (κ2) is 8.69. The van der Waals surface area contributed by atoms with E-state index in [1.165, 1.54) is 18.2 Å². The van der Waals surface area contributed by atoms with Gasteiger partial charge in [-0.15, -0.1) is 0 Å². The molecule has 0 bridgehead atoms. The Bertz CT molecular complexity index is 901. The monoisotopic (exact) mass is 552 g/mol. The molecule has 0 fully saturated rings. The van der Waals surface area contributed by atoms with E-state index in [2.05, 4.69) is 0 Å². The molecule has 18 heteroatoms. The summed E-state index contributed by atoms with van der Waals surface area (Å²) in [5.74, 6) is -57.4. The fourth-order valence-electron chi connectivity index (χ4n) is 2.25. The molecule has 0 saturated heterocycles. The first-order valence-corrected chi connectivity index (χ1v) is 8.38. The van der Waals surface area contributed by atoms with Crippen LogP contribution >= 0.6 is 0 Å². The van der Waals surface area contributed by atoms with Crippen LogP contribution in [0.4, 0.5) is 74.6 Å². The zero-order chi connectivity index (χ0) is 28.1. The van der Waals surface area contributed by atoms with Crippen LogP contribution in [0.3, 0.4) is 0 Å². The molecule has 0 aliphatic rings. The maximum absolute atomic E-state index is 13.8. The fourth-order valence-corrected chi connectivity index (χ4v) is 2.25. The van der Waals surface area contributed by atoms with Crippen molar-refractivity contribution in [1.29, 1.82) is 0 Å². The first kappa shape index (κ1) is 30.8. The SMILES string of the molecule is OC(C=Cc1ccccc1)C(F)(F)C(F)(F)C(F)(F)C(F)(F)C(F)(F)C(F)(F)C(F)(F)C(F)(F)F. The normalized spacial score (nSPS) is 16.6. The number of hydrogen-bond donors (Lipinski definition) is 1. The van der Waals surface area contributed by atoms with E-state index in [-0.39, 0.29) is 5.56 Å². The molecule has 1 atom stereocenters. The molecule has 1 nitrogen and oxygen atoms in total. The van der Waals surface area contributed by atoms with Gasteiger partial charge in [0.15, 0.2) is 0 Å². The molecule has 0 aliphatic heterocycles. The summed E-state index contributed by atoms with van der Waals surface area (Å²) in [4.78, 5) is 0. The standard InChI is InChI=1S/C17H9F17O/c18-10(19,9(35)7-6-8-4-2-1-3-5-8)11(20,21)12(22,23)13(24,25)14(26,27)15(28,29)16(30,31)17(32,33)34/h1-7,9,35H. The fraction of sp³-hybridized carbons (Fsp3) is 0.529. The van der Waals surface area contributed by atoms with E-state index in [9.17, 15) is 74.6 Å². The third kappa shape index (κ3) is 4.41. The summed E-state index contributed by atoms with van der Waals surface area (Å²) < 4.78 is 224. The Hall–Kier alpha value is -2.27. The highest BCUT2D eigenvalue weighted by atomic mass is 19.4. The van der Waals surface area contributed by atoms with Crippen LogP contribution in [0.15, 0.2) is 36.4 Å². The summed E-state index contributed by atoms with van der Waals surface area (Å²) in [6.07, 6.45) is -12.1. The molecule has 0 saturated carbocycles. The Balaban J connectivity index is 3.55. The zero-order valence-electron chi connectivity index (χ0n) is 16.0. The van der Waals surface area contributed by atoms with E-state index in [4.69, 9.17) is 5.11 Å². The number of aliphatic hydroxyl groups excluding tert-OH is 1. The first-order chi connectivity index (χ1) is 15.2. The summed E-state index contributed by atoms with van der Waals surface area (Å²) in [5, 5.41) is 9.10.